The van der Waals surface area contributed by atoms with E-state index in [2.05, 4.69) is 17.1 Å². The standard InChI is InChI=1S/C28H37N3O7/c1-18-13-31(14-20-8-6-7-9-22(20)28(34)35)19(2)16-38-24-12-21(29-26(32)17-36-4)10-11-23(24)27(33)30(3)15-25(18)37-5/h6-12,18-19,25H,13-17H2,1-5H3,(H,29,32)(H,34,35)/t18-,19-,25-/m1/s1. The van der Waals surface area contributed by atoms with Crippen LogP contribution in [0, 0.1) is 5.92 Å². The number of carbonyl (C=O) groups excluding carboxylic acids is 2. The van der Waals surface area contributed by atoms with Crippen LogP contribution >= 0.6 is 0 Å². The molecule has 0 radical (unpaired) electrons. The van der Waals surface area contributed by atoms with Crippen molar-refractivity contribution in [2.45, 2.75) is 32.5 Å². The third kappa shape index (κ3) is 7.31. The van der Waals surface area contributed by atoms with Crippen LogP contribution in [-0.4, -0.2) is 92.4 Å². The van der Waals surface area contributed by atoms with Gasteiger partial charge in [-0.15, -0.1) is 0 Å². The van der Waals surface area contributed by atoms with Crippen LogP contribution < -0.4 is 10.1 Å². The number of methoxy groups -OCH3 is 2. The molecule has 2 N–H and O–H groups in total. The van der Waals surface area contributed by atoms with Crippen molar-refractivity contribution in [1.82, 2.24) is 9.80 Å². The molecule has 206 valence electrons. The maximum Gasteiger partial charge on any atom is 0.336 e. The molecule has 2 aromatic carbocycles. The minimum absolute atomic E-state index is 0.0342. The first kappa shape index (κ1) is 29.1. The number of hydrogen-bond donors (Lipinski definition) is 2. The fourth-order valence-electron chi connectivity index (χ4n) is 4.56. The van der Waals surface area contributed by atoms with Gasteiger partial charge in [0.05, 0.1) is 17.2 Å². The van der Waals surface area contributed by atoms with Gasteiger partial charge in [-0.25, -0.2) is 4.79 Å². The molecule has 1 aliphatic heterocycles. The molecule has 0 saturated heterocycles. The van der Waals surface area contributed by atoms with E-state index in [-0.39, 0.29) is 48.7 Å². The van der Waals surface area contributed by atoms with Crippen molar-refractivity contribution >= 4 is 23.5 Å². The van der Waals surface area contributed by atoms with E-state index in [9.17, 15) is 19.5 Å². The zero-order chi connectivity index (χ0) is 27.8. The molecule has 0 spiro atoms. The second kappa shape index (κ2) is 13.4. The molecule has 10 heteroatoms. The van der Waals surface area contributed by atoms with Crippen molar-refractivity contribution in [2.24, 2.45) is 5.92 Å². The van der Waals surface area contributed by atoms with E-state index in [1.165, 1.54) is 7.11 Å². The summed E-state index contributed by atoms with van der Waals surface area (Å²) in [5.74, 6) is -1.13. The molecule has 0 bridgehead atoms. The van der Waals surface area contributed by atoms with Gasteiger partial charge >= 0.3 is 5.97 Å². The van der Waals surface area contributed by atoms with Crippen molar-refractivity contribution in [1.29, 1.82) is 0 Å². The average Bonchev–Trinajstić information content (AvgIpc) is 2.89. The number of hydrogen-bond acceptors (Lipinski definition) is 7. The lowest BCUT2D eigenvalue weighted by Crippen LogP contribution is -2.46. The number of amides is 2. The zero-order valence-electron chi connectivity index (χ0n) is 22.6. The van der Waals surface area contributed by atoms with Crippen LogP contribution in [0.1, 0.15) is 40.1 Å². The number of nitrogens with one attached hydrogen (secondary N) is 1. The summed E-state index contributed by atoms with van der Waals surface area (Å²) in [5, 5.41) is 12.4. The quantitative estimate of drug-likeness (QED) is 0.565. The summed E-state index contributed by atoms with van der Waals surface area (Å²) >= 11 is 0. The Kier molecular flexibility index (Phi) is 10.2. The Labute approximate surface area is 223 Å². The minimum atomic E-state index is -0.973. The molecule has 0 aliphatic carbocycles. The van der Waals surface area contributed by atoms with Gasteiger partial charge in [0.15, 0.2) is 0 Å². The summed E-state index contributed by atoms with van der Waals surface area (Å²) in [6.07, 6.45) is -0.246. The Morgan fingerprint density at radius 3 is 2.55 bits per heavy atom. The van der Waals surface area contributed by atoms with E-state index in [0.29, 0.717) is 42.2 Å². The fourth-order valence-corrected chi connectivity index (χ4v) is 4.56. The lowest BCUT2D eigenvalue weighted by atomic mass is 10.00. The first-order valence-electron chi connectivity index (χ1n) is 12.5. The van der Waals surface area contributed by atoms with Crippen LogP contribution in [0.15, 0.2) is 42.5 Å². The van der Waals surface area contributed by atoms with E-state index in [0.717, 1.165) is 0 Å². The molecule has 0 aromatic heterocycles. The number of carbonyl (C=O) groups is 3. The number of rotatable bonds is 7. The zero-order valence-corrected chi connectivity index (χ0v) is 22.6. The van der Waals surface area contributed by atoms with Gasteiger partial charge in [-0.05, 0) is 36.6 Å². The third-order valence-electron chi connectivity index (χ3n) is 6.76. The number of carboxylic acids is 1. The van der Waals surface area contributed by atoms with Crippen molar-refractivity contribution in [3.05, 3.63) is 59.2 Å². The summed E-state index contributed by atoms with van der Waals surface area (Å²) in [5.41, 5.74) is 1.82. The van der Waals surface area contributed by atoms with Crippen LogP contribution in [0.25, 0.3) is 0 Å². The van der Waals surface area contributed by atoms with E-state index in [1.54, 1.807) is 49.4 Å². The van der Waals surface area contributed by atoms with Gasteiger partial charge in [0.2, 0.25) is 5.91 Å². The highest BCUT2D eigenvalue weighted by Gasteiger charge is 2.29. The van der Waals surface area contributed by atoms with Gasteiger partial charge in [0, 0.05) is 58.7 Å². The van der Waals surface area contributed by atoms with E-state index < -0.39 is 5.97 Å². The summed E-state index contributed by atoms with van der Waals surface area (Å²) in [6.45, 7) is 5.56. The summed E-state index contributed by atoms with van der Waals surface area (Å²) in [6, 6.07) is 11.8. The van der Waals surface area contributed by atoms with Crippen LogP contribution in [0.4, 0.5) is 5.69 Å². The molecule has 10 nitrogen and oxygen atoms in total. The molecule has 2 aromatic rings. The summed E-state index contributed by atoms with van der Waals surface area (Å²) in [7, 11) is 4.78. The van der Waals surface area contributed by atoms with E-state index in [1.807, 2.05) is 19.1 Å². The molecular weight excluding hydrogens is 490 g/mol. The van der Waals surface area contributed by atoms with Crippen molar-refractivity contribution < 1.29 is 33.7 Å². The molecular formula is C28H37N3O7. The number of likely N-dealkylation sites (N-methyl/N-ethyl adjacent to an activating group) is 1. The minimum Gasteiger partial charge on any atom is -0.491 e. The predicted molar refractivity (Wildman–Crippen MR) is 143 cm³/mol. The number of anilines is 1. The van der Waals surface area contributed by atoms with Gasteiger partial charge in [0.1, 0.15) is 19.0 Å². The first-order valence-corrected chi connectivity index (χ1v) is 12.5. The Morgan fingerprint density at radius 2 is 1.87 bits per heavy atom. The number of ether oxygens (including phenoxy) is 3. The molecule has 3 rings (SSSR count). The number of fused-ring (bicyclic) bond motifs is 1. The third-order valence-corrected chi connectivity index (χ3v) is 6.76. The lowest BCUT2D eigenvalue weighted by molar-refractivity contribution is -0.119. The average molecular weight is 528 g/mol. The normalized spacial score (nSPS) is 21.0. The SMILES string of the molecule is COCC(=O)Nc1ccc2c(c1)OC[C@@H](C)N(Cc1ccccc1C(=O)O)C[C@@H](C)[C@H](OC)CN(C)C2=O. The second-order valence-electron chi connectivity index (χ2n) is 9.68. The Bertz CT molecular complexity index is 1140. The highest BCUT2D eigenvalue weighted by molar-refractivity contribution is 5.98. The van der Waals surface area contributed by atoms with Crippen LogP contribution in [-0.2, 0) is 20.8 Å². The first-order chi connectivity index (χ1) is 18.1. The Morgan fingerprint density at radius 1 is 1.13 bits per heavy atom. The highest BCUT2D eigenvalue weighted by atomic mass is 16.5. The number of benzene rings is 2. The lowest BCUT2D eigenvalue weighted by Gasteiger charge is -2.36. The summed E-state index contributed by atoms with van der Waals surface area (Å²) in [4.78, 5) is 41.0. The Hall–Kier alpha value is -3.47. The molecule has 2 amide bonds. The van der Waals surface area contributed by atoms with Gasteiger partial charge in [0.25, 0.3) is 5.91 Å². The van der Waals surface area contributed by atoms with E-state index >= 15 is 0 Å². The van der Waals surface area contributed by atoms with E-state index in [4.69, 9.17) is 14.2 Å². The predicted octanol–water partition coefficient (Wildman–Crippen LogP) is 2.98. The largest absolute Gasteiger partial charge is 0.491 e. The molecule has 0 saturated carbocycles. The van der Waals surface area contributed by atoms with Crippen LogP contribution in [0.2, 0.25) is 0 Å². The highest BCUT2D eigenvalue weighted by Crippen LogP contribution is 2.27. The van der Waals surface area contributed by atoms with Crippen LogP contribution in [0.5, 0.6) is 5.75 Å². The molecule has 1 aliphatic rings. The molecule has 0 unspecified atom stereocenters. The maximum atomic E-state index is 13.4. The summed E-state index contributed by atoms with van der Waals surface area (Å²) < 4.78 is 16.9. The maximum absolute atomic E-state index is 13.4. The van der Waals surface area contributed by atoms with Gasteiger partial charge in [-0.2, -0.15) is 0 Å². The second-order valence-corrected chi connectivity index (χ2v) is 9.68. The Balaban J connectivity index is 1.96. The molecule has 38 heavy (non-hydrogen) atoms. The number of nitrogens with zero attached hydrogens (tertiary/aromatic N) is 2. The smallest absolute Gasteiger partial charge is 0.336 e. The fraction of sp³-hybridized carbons (Fsp3) is 0.464. The number of carboxylic acid groups (broad SMARTS) is 1. The number of aromatic carboxylic acids is 1. The topological polar surface area (TPSA) is 118 Å². The van der Waals surface area contributed by atoms with Crippen molar-refractivity contribution in [3.8, 4) is 5.75 Å². The molecule has 1 heterocycles. The molecule has 3 atom stereocenters. The van der Waals surface area contributed by atoms with Crippen molar-refractivity contribution in [2.75, 3.05) is 52.9 Å². The van der Waals surface area contributed by atoms with Crippen LogP contribution in [0.3, 0.4) is 0 Å². The van der Waals surface area contributed by atoms with Crippen molar-refractivity contribution in [3.63, 3.8) is 0 Å². The van der Waals surface area contributed by atoms with Gasteiger partial charge in [-0.1, -0.05) is 25.1 Å². The van der Waals surface area contributed by atoms with Gasteiger partial charge < -0.3 is 29.5 Å². The monoisotopic (exact) mass is 527 g/mol. The van der Waals surface area contributed by atoms with Gasteiger partial charge in [-0.3, -0.25) is 14.5 Å². The molecule has 0 fully saturated rings.